The van der Waals surface area contributed by atoms with E-state index in [1.165, 1.54) is 54.6 Å². The van der Waals surface area contributed by atoms with E-state index in [1.807, 2.05) is 0 Å². The number of esters is 3. The van der Waals surface area contributed by atoms with Gasteiger partial charge in [-0.15, -0.1) is 0 Å². The highest BCUT2D eigenvalue weighted by molar-refractivity contribution is 5.89. The first-order valence-corrected chi connectivity index (χ1v) is 29.9. The van der Waals surface area contributed by atoms with Crippen LogP contribution in [0.15, 0.2) is 118 Å². The molecule has 4 aromatic rings. The molecular weight excluding hydrogens is 1320 g/mol. The lowest BCUT2D eigenvalue weighted by Gasteiger charge is -2.40. The van der Waals surface area contributed by atoms with Crippen molar-refractivity contribution in [2.75, 3.05) is 26.4 Å². The van der Waals surface area contributed by atoms with Gasteiger partial charge in [0, 0.05) is 29.8 Å². The predicted octanol–water partition coefficient (Wildman–Crippen LogP) is -1.88. The molecule has 19 atom stereocenters. The molecule has 19 N–H and O–H groups in total. The van der Waals surface area contributed by atoms with Crippen LogP contribution in [0.3, 0.4) is 0 Å². The molecule has 5 aliphatic heterocycles. The van der Waals surface area contributed by atoms with E-state index >= 15 is 0 Å². The van der Waals surface area contributed by atoms with Crippen LogP contribution in [0, 0.1) is 0 Å². The number of benzene rings is 5. The first-order valence-electron chi connectivity index (χ1n) is 29.9. The van der Waals surface area contributed by atoms with Gasteiger partial charge in [-0.3, -0.25) is 4.79 Å². The van der Waals surface area contributed by atoms with Crippen LogP contribution >= 0.6 is 0 Å². The summed E-state index contributed by atoms with van der Waals surface area (Å²) in [5.74, 6) is -8.64. The summed E-state index contributed by atoms with van der Waals surface area (Å²) < 4.78 is 68.9. The lowest BCUT2D eigenvalue weighted by atomic mass is 9.99. The Morgan fingerprint density at radius 2 is 0.909 bits per heavy atom. The second-order valence-electron chi connectivity index (χ2n) is 22.8. The molecular formula is C65H67O34+. The van der Waals surface area contributed by atoms with Gasteiger partial charge in [-0.2, -0.15) is 0 Å². The zero-order valence-corrected chi connectivity index (χ0v) is 51.0. The van der Waals surface area contributed by atoms with Gasteiger partial charge >= 0.3 is 17.9 Å². The van der Waals surface area contributed by atoms with Crippen molar-refractivity contribution < 1.29 is 163 Å². The largest absolute Gasteiger partial charge is 0.510 e. The molecule has 4 fully saturated rings. The van der Waals surface area contributed by atoms with Crippen molar-refractivity contribution >= 4 is 36.1 Å². The number of fused-ring (bicyclic) bond motifs is 1. The van der Waals surface area contributed by atoms with E-state index in [4.69, 9.17) is 56.5 Å². The molecule has 1 aliphatic carbocycles. The Kier molecular flexibility index (Phi) is 22.6. The van der Waals surface area contributed by atoms with Crippen LogP contribution in [0.2, 0.25) is 0 Å². The van der Waals surface area contributed by atoms with Gasteiger partial charge in [0.2, 0.25) is 25.5 Å². The first kappa shape index (κ1) is 72.1. The van der Waals surface area contributed by atoms with E-state index in [9.17, 15) is 111 Å². The maximum Gasteiger partial charge on any atom is 0.510 e. The predicted molar refractivity (Wildman–Crippen MR) is 328 cm³/mol. The van der Waals surface area contributed by atoms with Crippen molar-refractivity contribution in [3.05, 3.63) is 136 Å². The summed E-state index contributed by atoms with van der Waals surface area (Å²) in [6.07, 6.45) is -29.1. The number of hydrogen-bond donors (Lipinski definition) is 18. The number of aliphatic hydroxyl groups is 11. The van der Waals surface area contributed by atoms with Gasteiger partial charge in [0.05, 0.1) is 24.9 Å². The Bertz CT molecular complexity index is 3980. The van der Waals surface area contributed by atoms with Crippen LogP contribution < -0.4 is 19.6 Å². The molecule has 4 aromatic carbocycles. The van der Waals surface area contributed by atoms with Gasteiger partial charge in [0.1, 0.15) is 97.5 Å². The van der Waals surface area contributed by atoms with E-state index in [2.05, 4.69) is 0 Å². The fourth-order valence-electron chi connectivity index (χ4n) is 10.4. The lowest BCUT2D eigenvalue weighted by Crippen LogP contribution is -2.60. The van der Waals surface area contributed by atoms with Gasteiger partial charge in [-0.1, -0.05) is 18.2 Å². The minimum Gasteiger partial charge on any atom is -0.504 e. The van der Waals surface area contributed by atoms with E-state index in [1.54, 1.807) is 0 Å². The molecule has 0 spiro atoms. The summed E-state index contributed by atoms with van der Waals surface area (Å²) in [7, 11) is 0. The third kappa shape index (κ3) is 16.7. The summed E-state index contributed by atoms with van der Waals surface area (Å²) >= 11 is 0. The number of rotatable bonds is 22. The lowest BCUT2D eigenvalue weighted by molar-refractivity contribution is -0.290. The summed E-state index contributed by atoms with van der Waals surface area (Å²) in [4.78, 5) is 50.3. The number of aliphatic hydroxyl groups excluding tert-OH is 11. The number of ether oxygens (including phenoxy) is 11. The fourth-order valence-corrected chi connectivity index (χ4v) is 10.4. The average molecular weight is 1390 g/mol. The maximum absolute atomic E-state index is 14.2. The van der Waals surface area contributed by atoms with Crippen LogP contribution in [-0.2, 0) is 47.5 Å². The minimum atomic E-state index is -2.17. The van der Waals surface area contributed by atoms with Crippen molar-refractivity contribution in [1.29, 1.82) is 0 Å². The van der Waals surface area contributed by atoms with Crippen LogP contribution in [-0.4, -0.2) is 258 Å². The van der Waals surface area contributed by atoms with Crippen LogP contribution in [0.1, 0.15) is 16.7 Å². The van der Waals surface area contributed by atoms with Gasteiger partial charge in [0.15, 0.2) is 81.4 Å². The topological polar surface area (TPSA) is 551 Å². The highest BCUT2D eigenvalue weighted by Crippen LogP contribution is 2.43. The second-order valence-corrected chi connectivity index (χ2v) is 22.8. The van der Waals surface area contributed by atoms with Crippen molar-refractivity contribution in [1.82, 2.24) is 0 Å². The van der Waals surface area contributed by atoms with Gasteiger partial charge < -0.3 is 153 Å². The Morgan fingerprint density at radius 1 is 0.444 bits per heavy atom. The SMILES string of the molecule is O=C(C=Cc1ccc(O)c(O)c1)OC[C@H]1O[C@@H](Oc2cc(-c3oc4cc(O[C@@H]5O[C@H](COC(=[OH+])C=Cc6ccc(O)c(O)c6)[C@@H](O)[C@H](O)[C@H]5O)cc(=O)c-4cc3O[C@@H]3O[C@H](CO[C@@H]4O[C@@H](CO)[C@H](O)[C@H]4OC(=O)C=Cc4ccc(O)c(O)c4)[C@@H](O)[C@H](O)[C@H]3O)ccc2O)[C@H](O)[C@@H](O)[C@@H]1O. The summed E-state index contributed by atoms with van der Waals surface area (Å²) in [5.41, 5.74) is -0.646. The van der Waals surface area contributed by atoms with Crippen LogP contribution in [0.4, 0.5) is 0 Å². The van der Waals surface area contributed by atoms with Crippen molar-refractivity contribution in [3.63, 3.8) is 0 Å². The maximum atomic E-state index is 14.2. The molecule has 0 unspecified atom stereocenters. The van der Waals surface area contributed by atoms with Gasteiger partial charge in [-0.25, -0.2) is 9.59 Å². The standard InChI is InChI=1S/C65H66O34/c66-22-43-53(81)61(99-49(77)14-6-28-3-10-34(69)39(74)17-28)65(95-43)90-25-46-52(80)56(84)59(87)64(98-46)94-42-21-31-36(71)19-30(91-62-57(85)54(82)50(78)44(96-62)23-88-47(75)12-4-26-1-8-32(67)37(72)15-26)20-40(31)92-60(42)29-7-11-35(70)41(18-29)93-63-58(86)55(83)51(79)45(97-63)24-89-48(76)13-5-27-2-9-33(68)38(73)16-27/h1-21,43-46,50-59,61-70,72-74,78-87H,22-25H2/p+1/t43-,44+,45+,46+,50+,51+,52+,53-,54-,55-,56-,57+,58+,59+,61+,62+,63+,64+,65+/m0/s1. The Labute approximate surface area is 556 Å². The highest BCUT2D eigenvalue weighted by Gasteiger charge is 2.51. The number of phenolic OH excluding ortho intramolecular Hbond substituents is 7. The molecule has 530 valence electrons. The number of hydrogen-bond acceptors (Lipinski definition) is 33. The molecule has 99 heavy (non-hydrogen) atoms. The number of aromatic hydroxyl groups is 7. The molecule has 6 aliphatic rings. The summed E-state index contributed by atoms with van der Waals surface area (Å²) in [6, 6.07) is 17.3. The Morgan fingerprint density at radius 3 is 1.43 bits per heavy atom. The average Bonchev–Trinajstić information content (AvgIpc) is 1.29. The second kappa shape index (κ2) is 31.0. The number of carbonyl (C=O) groups excluding carboxylic acids is 3. The summed E-state index contributed by atoms with van der Waals surface area (Å²) in [5, 5.41) is 190. The zero-order valence-electron chi connectivity index (χ0n) is 51.0. The smallest absolute Gasteiger partial charge is 0.504 e. The van der Waals surface area contributed by atoms with Gasteiger partial charge in [-0.05, 0) is 95.6 Å². The van der Waals surface area contributed by atoms with E-state index in [0.29, 0.717) is 5.56 Å². The van der Waals surface area contributed by atoms with E-state index < -0.39 is 230 Å². The molecule has 0 amide bonds. The molecule has 10 rings (SSSR count). The van der Waals surface area contributed by atoms with Crippen molar-refractivity contribution in [2.45, 2.75) is 117 Å². The Balaban J connectivity index is 0.916. The molecule has 34 heteroatoms. The normalized spacial score (nSPS) is 29.4. The first-order chi connectivity index (χ1) is 47.1. The van der Waals surface area contributed by atoms with Crippen molar-refractivity contribution in [3.8, 4) is 80.1 Å². The highest BCUT2D eigenvalue weighted by atomic mass is 16.8. The Hall–Kier alpha value is -9.70. The molecule has 0 saturated carbocycles. The summed E-state index contributed by atoms with van der Waals surface area (Å²) in [6.45, 7) is -3.09. The molecule has 4 saturated heterocycles. The van der Waals surface area contributed by atoms with Gasteiger partial charge in [0.25, 0.3) is 0 Å². The van der Waals surface area contributed by atoms with E-state index in [-0.39, 0.29) is 28.0 Å². The molecule has 0 aromatic heterocycles. The quantitative estimate of drug-likeness (QED) is 0.0116. The third-order valence-corrected chi connectivity index (χ3v) is 15.9. The minimum absolute atomic E-state index is 0.191. The zero-order chi connectivity index (χ0) is 71.3. The van der Waals surface area contributed by atoms with Crippen LogP contribution in [0.5, 0.6) is 57.5 Å². The number of carbonyl (C=O) groups is 2. The van der Waals surface area contributed by atoms with Crippen molar-refractivity contribution in [2.24, 2.45) is 0 Å². The molecule has 0 radical (unpaired) electrons. The molecule has 34 nitrogen and oxygen atoms in total. The molecule has 0 bridgehead atoms. The monoisotopic (exact) mass is 1390 g/mol. The fraction of sp³-hybridized carbons (Fsp3) is 0.354. The van der Waals surface area contributed by atoms with Crippen LogP contribution in [0.25, 0.3) is 40.9 Å². The number of phenols is 7. The third-order valence-electron chi connectivity index (χ3n) is 15.9. The van der Waals surface area contributed by atoms with E-state index in [0.717, 1.165) is 72.8 Å². The molecule has 5 heterocycles.